The molecule has 1 unspecified atom stereocenters. The fourth-order valence-corrected chi connectivity index (χ4v) is 6.18. The lowest BCUT2D eigenvalue weighted by Crippen LogP contribution is -2.31. The number of hydrogen-bond donors (Lipinski definition) is 0. The third kappa shape index (κ3) is 5.93. The van der Waals surface area contributed by atoms with Crippen molar-refractivity contribution < 1.29 is 22.7 Å². The molecular formula is C20H29FO4PS2+. The SMILES string of the molecule is CC(C)(C)SSc1ccccc1CCO[P+](=O)OC[C@@H]1C[C@@](C)(F)C2(CC2)O1. The van der Waals surface area contributed by atoms with Gasteiger partial charge in [-0.25, -0.2) is 4.39 Å². The van der Waals surface area contributed by atoms with Crippen molar-refractivity contribution in [1.29, 1.82) is 0 Å². The van der Waals surface area contributed by atoms with Crippen LogP contribution in [0.4, 0.5) is 4.39 Å². The Morgan fingerprint density at radius 1 is 1.29 bits per heavy atom. The van der Waals surface area contributed by atoms with Crippen molar-refractivity contribution in [2.24, 2.45) is 0 Å². The Bertz CT molecular complexity index is 698. The molecule has 0 bridgehead atoms. The van der Waals surface area contributed by atoms with Gasteiger partial charge in [-0.2, -0.15) is 0 Å². The summed E-state index contributed by atoms with van der Waals surface area (Å²) in [4.78, 5) is 1.19. The number of alkyl halides is 1. The van der Waals surface area contributed by atoms with Crippen molar-refractivity contribution in [2.45, 2.75) is 80.4 Å². The molecule has 28 heavy (non-hydrogen) atoms. The highest BCUT2D eigenvalue weighted by atomic mass is 33.1. The van der Waals surface area contributed by atoms with Crippen molar-refractivity contribution in [3.63, 3.8) is 0 Å². The summed E-state index contributed by atoms with van der Waals surface area (Å²) in [6.07, 6.45) is 2.09. The summed E-state index contributed by atoms with van der Waals surface area (Å²) in [6, 6.07) is 8.17. The Labute approximate surface area is 176 Å². The Balaban J connectivity index is 1.39. The van der Waals surface area contributed by atoms with Crippen LogP contribution in [0, 0.1) is 0 Å². The third-order valence-corrected chi connectivity index (χ3v) is 9.15. The van der Waals surface area contributed by atoms with Gasteiger partial charge in [0.25, 0.3) is 0 Å². The minimum atomic E-state index is -2.23. The van der Waals surface area contributed by atoms with E-state index in [1.165, 1.54) is 4.90 Å². The maximum absolute atomic E-state index is 14.5. The lowest BCUT2D eigenvalue weighted by atomic mass is 9.96. The van der Waals surface area contributed by atoms with Crippen LogP contribution in [0.1, 0.15) is 52.5 Å². The first-order chi connectivity index (χ1) is 13.1. The molecule has 1 aromatic carbocycles. The van der Waals surface area contributed by atoms with E-state index in [2.05, 4.69) is 32.9 Å². The summed E-state index contributed by atoms with van der Waals surface area (Å²) in [5.41, 5.74) is -0.782. The molecule has 0 radical (unpaired) electrons. The van der Waals surface area contributed by atoms with Crippen LogP contribution in [0.2, 0.25) is 0 Å². The van der Waals surface area contributed by atoms with Crippen LogP contribution >= 0.6 is 29.8 Å². The van der Waals surface area contributed by atoms with Crippen LogP contribution in [0.5, 0.6) is 0 Å². The van der Waals surface area contributed by atoms with E-state index in [9.17, 15) is 8.96 Å². The van der Waals surface area contributed by atoms with Crippen molar-refractivity contribution in [2.75, 3.05) is 13.2 Å². The second-order valence-corrected chi connectivity index (χ2v) is 12.6. The molecule has 156 valence electrons. The molecule has 2 aliphatic rings. The van der Waals surface area contributed by atoms with Gasteiger partial charge in [-0.05, 0) is 31.4 Å². The van der Waals surface area contributed by atoms with Gasteiger partial charge >= 0.3 is 8.25 Å². The van der Waals surface area contributed by atoms with Gasteiger partial charge in [0.05, 0.1) is 6.10 Å². The Kier molecular flexibility index (Phi) is 7.16. The van der Waals surface area contributed by atoms with Crippen LogP contribution in [0.25, 0.3) is 0 Å². The average Bonchev–Trinajstić information content (AvgIpc) is 3.34. The summed E-state index contributed by atoms with van der Waals surface area (Å²) in [5, 5.41) is 0. The van der Waals surface area contributed by atoms with Crippen LogP contribution in [-0.4, -0.2) is 35.3 Å². The first-order valence-electron chi connectivity index (χ1n) is 9.64. The van der Waals surface area contributed by atoms with E-state index in [4.69, 9.17) is 13.8 Å². The minimum absolute atomic E-state index is 0.102. The van der Waals surface area contributed by atoms with E-state index in [-0.39, 0.29) is 23.9 Å². The van der Waals surface area contributed by atoms with Crippen LogP contribution in [-0.2, 0) is 24.8 Å². The topological polar surface area (TPSA) is 44.8 Å². The van der Waals surface area contributed by atoms with Crippen LogP contribution in [0.15, 0.2) is 29.2 Å². The number of halogens is 1. The molecule has 1 saturated carbocycles. The Morgan fingerprint density at radius 3 is 2.64 bits per heavy atom. The molecule has 2 fully saturated rings. The average molecular weight is 448 g/mol. The molecule has 4 nitrogen and oxygen atoms in total. The first kappa shape index (κ1) is 22.5. The molecular weight excluding hydrogens is 418 g/mol. The first-order valence-corrected chi connectivity index (χ1v) is 12.9. The molecule has 1 aromatic rings. The summed E-state index contributed by atoms with van der Waals surface area (Å²) in [7, 11) is 1.33. The molecule has 1 aliphatic carbocycles. The lowest BCUT2D eigenvalue weighted by molar-refractivity contribution is -0.0309. The number of hydrogen-bond acceptors (Lipinski definition) is 6. The van der Waals surface area contributed by atoms with Crippen molar-refractivity contribution in [3.8, 4) is 0 Å². The fourth-order valence-electron chi connectivity index (χ4n) is 3.32. The zero-order valence-electron chi connectivity index (χ0n) is 16.9. The van der Waals surface area contributed by atoms with Gasteiger partial charge < -0.3 is 4.74 Å². The monoisotopic (exact) mass is 447 g/mol. The molecule has 8 heteroatoms. The van der Waals surface area contributed by atoms with Gasteiger partial charge in [0.1, 0.15) is 24.5 Å². The molecule has 3 atom stereocenters. The van der Waals surface area contributed by atoms with E-state index in [1.807, 2.05) is 22.9 Å². The molecule has 1 saturated heterocycles. The molecule has 1 heterocycles. The zero-order chi connectivity index (χ0) is 20.4. The van der Waals surface area contributed by atoms with Gasteiger partial charge in [0.15, 0.2) is 0 Å². The molecule has 1 spiro atoms. The number of rotatable bonds is 9. The largest absolute Gasteiger partial charge is 0.697 e. The normalized spacial score (nSPS) is 26.6. The Hall–Kier alpha value is -0.170. The summed E-state index contributed by atoms with van der Waals surface area (Å²) >= 11 is 0. The molecule has 0 N–H and O–H groups in total. The highest BCUT2D eigenvalue weighted by molar-refractivity contribution is 8.77. The molecule has 3 rings (SSSR count). The second-order valence-electron chi connectivity index (χ2n) is 8.63. The predicted molar refractivity (Wildman–Crippen MR) is 114 cm³/mol. The van der Waals surface area contributed by atoms with Crippen molar-refractivity contribution >= 4 is 29.8 Å². The van der Waals surface area contributed by atoms with E-state index in [0.717, 1.165) is 18.4 Å². The highest BCUT2D eigenvalue weighted by Gasteiger charge is 2.65. The summed E-state index contributed by atoms with van der Waals surface area (Å²) in [5.74, 6) is 0. The van der Waals surface area contributed by atoms with Crippen LogP contribution in [0.3, 0.4) is 0 Å². The van der Waals surface area contributed by atoms with Gasteiger partial charge in [-0.3, -0.25) is 0 Å². The minimum Gasteiger partial charge on any atom is -0.366 e. The number of benzene rings is 1. The van der Waals surface area contributed by atoms with Gasteiger partial charge in [-0.1, -0.05) is 60.6 Å². The van der Waals surface area contributed by atoms with E-state index >= 15 is 0 Å². The molecule has 0 amide bonds. The lowest BCUT2D eigenvalue weighted by Gasteiger charge is -2.19. The zero-order valence-corrected chi connectivity index (χ0v) is 19.4. The standard InChI is InChI=1S/C20H29FO4PS2/c1-18(2,3)28-27-17-8-6-5-7-15(17)9-12-23-26(22)24-14-16-13-19(4,21)20(25-16)10-11-20/h5-8,16H,9-14H2,1-4H3/q+1/t16-,19+/m0/s1. The van der Waals surface area contributed by atoms with E-state index in [1.54, 1.807) is 17.7 Å². The van der Waals surface area contributed by atoms with E-state index in [0.29, 0.717) is 13.0 Å². The maximum Gasteiger partial charge on any atom is 0.697 e. The fraction of sp³-hybridized carbons (Fsp3) is 0.700. The summed E-state index contributed by atoms with van der Waals surface area (Å²) in [6.45, 7) is 8.55. The molecule has 0 aromatic heterocycles. The Morgan fingerprint density at radius 2 is 2.00 bits per heavy atom. The van der Waals surface area contributed by atoms with Crippen molar-refractivity contribution in [3.05, 3.63) is 29.8 Å². The predicted octanol–water partition coefficient (Wildman–Crippen LogP) is 6.51. The van der Waals surface area contributed by atoms with Gasteiger partial charge in [-0.15, -0.1) is 9.05 Å². The second kappa shape index (κ2) is 8.91. The van der Waals surface area contributed by atoms with E-state index < -0.39 is 19.5 Å². The highest BCUT2D eigenvalue weighted by Crippen LogP contribution is 2.57. The maximum atomic E-state index is 14.5. The number of ether oxygens (including phenoxy) is 1. The van der Waals surface area contributed by atoms with Crippen LogP contribution < -0.4 is 0 Å². The van der Waals surface area contributed by atoms with Crippen molar-refractivity contribution in [1.82, 2.24) is 0 Å². The summed E-state index contributed by atoms with van der Waals surface area (Å²) < 4.78 is 43.1. The van der Waals surface area contributed by atoms with Gasteiger partial charge in [0.2, 0.25) is 0 Å². The smallest absolute Gasteiger partial charge is 0.366 e. The quantitative estimate of drug-likeness (QED) is 0.318. The third-order valence-electron chi connectivity index (χ3n) is 4.95. The molecule has 1 aliphatic heterocycles. The van der Waals surface area contributed by atoms with Gasteiger partial charge in [0, 0.05) is 27.0 Å².